The van der Waals surface area contributed by atoms with Crippen molar-refractivity contribution in [1.82, 2.24) is 0 Å². The molecule has 2 aromatic carbocycles. The van der Waals surface area contributed by atoms with Crippen LogP contribution in [-0.2, 0) is 5.41 Å². The van der Waals surface area contributed by atoms with Gasteiger partial charge in [0.1, 0.15) is 6.67 Å². The smallest absolute Gasteiger partial charge is 0.103 e. The molecule has 0 saturated carbocycles. The van der Waals surface area contributed by atoms with Gasteiger partial charge in [-0.3, -0.25) is 0 Å². The third kappa shape index (κ3) is 2.16. The summed E-state index contributed by atoms with van der Waals surface area (Å²) in [6, 6.07) is 14.6. The van der Waals surface area contributed by atoms with E-state index in [0.29, 0.717) is 11.4 Å². The van der Waals surface area contributed by atoms with Gasteiger partial charge in [-0.25, -0.2) is 4.39 Å². The predicted molar refractivity (Wildman–Crippen MR) is 74.1 cm³/mol. The number of nitrogens with two attached hydrogens (primary N) is 2. The summed E-state index contributed by atoms with van der Waals surface area (Å²) in [6.07, 6.45) is 0. The zero-order valence-corrected chi connectivity index (χ0v) is 10.4. The summed E-state index contributed by atoms with van der Waals surface area (Å²) >= 11 is 0. The largest absolute Gasteiger partial charge is 0.399 e. The third-order valence-corrected chi connectivity index (χ3v) is 3.36. The Morgan fingerprint density at radius 3 is 1.44 bits per heavy atom. The summed E-state index contributed by atoms with van der Waals surface area (Å²) in [5, 5.41) is 0. The standard InChI is InChI=1S/C15H17FN2/c1-15(10-16,11-2-6-13(17)7-3-11)12-4-8-14(18)9-5-12/h2-9H,10,17-18H2,1H3. The molecule has 0 atom stereocenters. The molecule has 4 N–H and O–H groups in total. The third-order valence-electron chi connectivity index (χ3n) is 3.36. The minimum atomic E-state index is -0.665. The Morgan fingerprint density at radius 2 is 1.17 bits per heavy atom. The van der Waals surface area contributed by atoms with Crippen molar-refractivity contribution in [3.05, 3.63) is 59.7 Å². The van der Waals surface area contributed by atoms with Gasteiger partial charge in [0.05, 0.1) is 0 Å². The molecular formula is C15H17FN2. The Bertz CT molecular complexity index is 472. The van der Waals surface area contributed by atoms with E-state index >= 15 is 0 Å². The van der Waals surface area contributed by atoms with Crippen molar-refractivity contribution in [3.63, 3.8) is 0 Å². The Kier molecular flexibility index (Phi) is 3.24. The molecule has 0 aliphatic heterocycles. The van der Waals surface area contributed by atoms with E-state index in [1.165, 1.54) is 0 Å². The quantitative estimate of drug-likeness (QED) is 0.815. The molecular weight excluding hydrogens is 227 g/mol. The number of halogens is 1. The highest BCUT2D eigenvalue weighted by molar-refractivity contribution is 5.48. The van der Waals surface area contributed by atoms with Crippen LogP contribution in [0.3, 0.4) is 0 Å². The summed E-state index contributed by atoms with van der Waals surface area (Å²) in [4.78, 5) is 0. The molecule has 0 fully saturated rings. The highest BCUT2D eigenvalue weighted by atomic mass is 19.1. The SMILES string of the molecule is CC(CF)(c1ccc(N)cc1)c1ccc(N)cc1. The molecule has 3 heteroatoms. The van der Waals surface area contributed by atoms with Crippen LogP contribution in [0.25, 0.3) is 0 Å². The molecule has 0 aliphatic rings. The van der Waals surface area contributed by atoms with E-state index in [4.69, 9.17) is 11.5 Å². The van der Waals surface area contributed by atoms with Gasteiger partial charge in [0, 0.05) is 16.8 Å². The predicted octanol–water partition coefficient (Wildman–Crippen LogP) is 3.13. The first-order valence-electron chi connectivity index (χ1n) is 5.84. The number of alkyl halides is 1. The fourth-order valence-corrected chi connectivity index (χ4v) is 2.02. The second kappa shape index (κ2) is 4.69. The number of hydrogen-bond donors (Lipinski definition) is 2. The lowest BCUT2D eigenvalue weighted by Crippen LogP contribution is -2.26. The van der Waals surface area contributed by atoms with Crippen LogP contribution in [0.5, 0.6) is 0 Å². The number of anilines is 2. The van der Waals surface area contributed by atoms with Crippen molar-refractivity contribution in [2.24, 2.45) is 0 Å². The fourth-order valence-electron chi connectivity index (χ4n) is 2.02. The molecule has 0 heterocycles. The lowest BCUT2D eigenvalue weighted by molar-refractivity contribution is 0.373. The van der Waals surface area contributed by atoms with Crippen molar-refractivity contribution in [2.45, 2.75) is 12.3 Å². The minimum absolute atomic E-state index is 0.471. The Labute approximate surface area is 106 Å². The Balaban J connectivity index is 2.47. The van der Waals surface area contributed by atoms with Gasteiger partial charge in [0.2, 0.25) is 0 Å². The van der Waals surface area contributed by atoms with Crippen LogP contribution in [0.2, 0.25) is 0 Å². The van der Waals surface area contributed by atoms with Crippen LogP contribution in [-0.4, -0.2) is 6.67 Å². The zero-order chi connectivity index (χ0) is 13.2. The summed E-state index contributed by atoms with van der Waals surface area (Å²) in [5.74, 6) is 0. The van der Waals surface area contributed by atoms with Gasteiger partial charge in [0.25, 0.3) is 0 Å². The number of hydrogen-bond acceptors (Lipinski definition) is 2. The van der Waals surface area contributed by atoms with Gasteiger partial charge in [-0.05, 0) is 42.3 Å². The average Bonchev–Trinajstić information content (AvgIpc) is 2.39. The first-order valence-corrected chi connectivity index (χ1v) is 5.84. The van der Waals surface area contributed by atoms with Crippen LogP contribution >= 0.6 is 0 Å². The van der Waals surface area contributed by atoms with E-state index in [1.54, 1.807) is 24.3 Å². The van der Waals surface area contributed by atoms with Crippen molar-refractivity contribution in [1.29, 1.82) is 0 Å². The van der Waals surface area contributed by atoms with Gasteiger partial charge in [-0.1, -0.05) is 24.3 Å². The maximum Gasteiger partial charge on any atom is 0.103 e. The van der Waals surface area contributed by atoms with Crippen LogP contribution in [0, 0.1) is 0 Å². The van der Waals surface area contributed by atoms with E-state index in [1.807, 2.05) is 31.2 Å². The van der Waals surface area contributed by atoms with Crippen LogP contribution in [0.1, 0.15) is 18.1 Å². The highest BCUT2D eigenvalue weighted by Gasteiger charge is 2.28. The highest BCUT2D eigenvalue weighted by Crippen LogP contribution is 2.33. The number of benzene rings is 2. The van der Waals surface area contributed by atoms with Crippen LogP contribution in [0.4, 0.5) is 15.8 Å². The van der Waals surface area contributed by atoms with Crippen molar-refractivity contribution < 1.29 is 4.39 Å². The Morgan fingerprint density at radius 1 is 0.833 bits per heavy atom. The first-order chi connectivity index (χ1) is 8.56. The molecule has 0 bridgehead atoms. The Hall–Kier alpha value is -2.03. The summed E-state index contributed by atoms with van der Waals surface area (Å²) in [6.45, 7) is 1.41. The molecule has 0 aliphatic carbocycles. The molecule has 0 amide bonds. The summed E-state index contributed by atoms with van der Waals surface area (Å²) in [7, 11) is 0. The van der Waals surface area contributed by atoms with E-state index in [-0.39, 0.29) is 0 Å². The average molecular weight is 244 g/mol. The summed E-state index contributed by atoms with van der Waals surface area (Å²) < 4.78 is 13.6. The van der Waals surface area contributed by atoms with Gasteiger partial charge in [0.15, 0.2) is 0 Å². The van der Waals surface area contributed by atoms with Gasteiger partial charge in [-0.2, -0.15) is 0 Å². The van der Waals surface area contributed by atoms with E-state index in [2.05, 4.69) is 0 Å². The maximum absolute atomic E-state index is 13.6. The van der Waals surface area contributed by atoms with E-state index in [0.717, 1.165) is 11.1 Å². The summed E-state index contributed by atoms with van der Waals surface area (Å²) in [5.41, 5.74) is 13.8. The molecule has 2 rings (SSSR count). The number of rotatable bonds is 3. The molecule has 0 radical (unpaired) electrons. The van der Waals surface area contributed by atoms with Crippen LogP contribution in [0.15, 0.2) is 48.5 Å². The van der Waals surface area contributed by atoms with Crippen molar-refractivity contribution in [2.75, 3.05) is 18.1 Å². The maximum atomic E-state index is 13.6. The lowest BCUT2D eigenvalue weighted by Gasteiger charge is -2.28. The second-order valence-electron chi connectivity index (χ2n) is 4.71. The van der Waals surface area contributed by atoms with Gasteiger partial charge in [-0.15, -0.1) is 0 Å². The molecule has 0 saturated heterocycles. The molecule has 2 nitrogen and oxygen atoms in total. The normalized spacial score (nSPS) is 11.4. The van der Waals surface area contributed by atoms with Crippen LogP contribution < -0.4 is 11.5 Å². The second-order valence-corrected chi connectivity index (χ2v) is 4.71. The monoisotopic (exact) mass is 244 g/mol. The fraction of sp³-hybridized carbons (Fsp3) is 0.200. The minimum Gasteiger partial charge on any atom is -0.399 e. The molecule has 0 aromatic heterocycles. The topological polar surface area (TPSA) is 52.0 Å². The van der Waals surface area contributed by atoms with Gasteiger partial charge < -0.3 is 11.5 Å². The lowest BCUT2D eigenvalue weighted by atomic mass is 9.77. The van der Waals surface area contributed by atoms with E-state index in [9.17, 15) is 4.39 Å². The van der Waals surface area contributed by atoms with Gasteiger partial charge >= 0.3 is 0 Å². The number of nitrogen functional groups attached to an aromatic ring is 2. The molecule has 2 aromatic rings. The molecule has 0 unspecified atom stereocenters. The molecule has 94 valence electrons. The van der Waals surface area contributed by atoms with Crippen molar-refractivity contribution >= 4 is 11.4 Å². The molecule has 18 heavy (non-hydrogen) atoms. The zero-order valence-electron chi connectivity index (χ0n) is 10.4. The molecule has 0 spiro atoms. The van der Waals surface area contributed by atoms with E-state index < -0.39 is 12.1 Å². The first kappa shape index (κ1) is 12.4. The van der Waals surface area contributed by atoms with Crippen molar-refractivity contribution in [3.8, 4) is 0 Å².